The largest absolute Gasteiger partial charge is 0.482 e. The summed E-state index contributed by atoms with van der Waals surface area (Å²) in [5, 5.41) is 8.47. The predicted molar refractivity (Wildman–Crippen MR) is 59.3 cm³/mol. The number of ether oxygens (including phenoxy) is 1. The van der Waals surface area contributed by atoms with Gasteiger partial charge in [0.2, 0.25) is 0 Å². The van der Waals surface area contributed by atoms with Gasteiger partial charge in [-0.15, -0.1) is 0 Å². The molecule has 1 heterocycles. The first kappa shape index (κ1) is 11.3. The normalized spacial score (nSPS) is 10.6. The van der Waals surface area contributed by atoms with Gasteiger partial charge in [0, 0.05) is 12.6 Å². The zero-order valence-corrected chi connectivity index (χ0v) is 9.17. The third-order valence-corrected chi connectivity index (χ3v) is 2.32. The van der Waals surface area contributed by atoms with E-state index < -0.39 is 18.3 Å². The molecule has 6 heteroatoms. The first-order valence-corrected chi connectivity index (χ1v) is 5.10. The van der Waals surface area contributed by atoms with Crippen LogP contribution in [-0.2, 0) is 11.3 Å². The highest BCUT2D eigenvalue weighted by Gasteiger charge is 2.09. The van der Waals surface area contributed by atoms with Crippen LogP contribution in [0.1, 0.15) is 6.92 Å². The van der Waals surface area contributed by atoms with Crippen molar-refractivity contribution in [1.82, 2.24) is 4.57 Å². The molecular formula is C11H11NO5. The Morgan fingerprint density at radius 3 is 2.94 bits per heavy atom. The minimum atomic E-state index is -1.06. The molecule has 1 aromatic heterocycles. The van der Waals surface area contributed by atoms with Crippen LogP contribution in [0.5, 0.6) is 5.75 Å². The zero-order valence-electron chi connectivity index (χ0n) is 9.17. The van der Waals surface area contributed by atoms with E-state index in [0.717, 1.165) is 0 Å². The molecule has 0 saturated heterocycles. The first-order chi connectivity index (χ1) is 8.11. The summed E-state index contributed by atoms with van der Waals surface area (Å²) in [6.07, 6.45) is 0. The highest BCUT2D eigenvalue weighted by molar-refractivity contribution is 5.75. The van der Waals surface area contributed by atoms with Crippen molar-refractivity contribution in [2.24, 2.45) is 0 Å². The van der Waals surface area contributed by atoms with E-state index in [-0.39, 0.29) is 0 Å². The van der Waals surface area contributed by atoms with Gasteiger partial charge in [-0.25, -0.2) is 9.59 Å². The molecule has 0 aliphatic heterocycles. The molecule has 2 rings (SSSR count). The predicted octanol–water partition coefficient (Wildman–Crippen LogP) is 1.08. The molecule has 0 fully saturated rings. The number of carbonyl (C=O) groups is 1. The Bertz CT molecular complexity index is 610. The summed E-state index contributed by atoms with van der Waals surface area (Å²) in [6, 6.07) is 4.78. The number of aromatic nitrogens is 1. The second-order valence-electron chi connectivity index (χ2n) is 3.42. The molecule has 0 spiro atoms. The smallest absolute Gasteiger partial charge is 0.419 e. The van der Waals surface area contributed by atoms with Crippen molar-refractivity contribution in [3.05, 3.63) is 28.7 Å². The molecule has 0 unspecified atom stereocenters. The van der Waals surface area contributed by atoms with Gasteiger partial charge < -0.3 is 14.3 Å². The number of carboxylic acid groups (broad SMARTS) is 1. The first-order valence-electron chi connectivity index (χ1n) is 5.10. The SMILES string of the molecule is CCn1c(=O)oc2cc(OCC(=O)O)ccc21. The molecule has 0 aliphatic carbocycles. The van der Waals surface area contributed by atoms with Crippen LogP contribution in [0.25, 0.3) is 11.1 Å². The fourth-order valence-electron chi connectivity index (χ4n) is 1.58. The van der Waals surface area contributed by atoms with E-state index >= 15 is 0 Å². The van der Waals surface area contributed by atoms with Gasteiger partial charge in [0.15, 0.2) is 12.2 Å². The van der Waals surface area contributed by atoms with Crippen LogP contribution in [-0.4, -0.2) is 22.2 Å². The van der Waals surface area contributed by atoms with E-state index in [1.807, 2.05) is 6.92 Å². The number of hydrogen-bond acceptors (Lipinski definition) is 4. The maximum absolute atomic E-state index is 11.4. The topological polar surface area (TPSA) is 81.7 Å². The van der Waals surface area contributed by atoms with Crippen LogP contribution in [0.15, 0.2) is 27.4 Å². The van der Waals surface area contributed by atoms with Crippen LogP contribution in [0.3, 0.4) is 0 Å². The summed E-state index contributed by atoms with van der Waals surface area (Å²) in [6.45, 7) is 1.93. The Labute approximate surface area is 96.0 Å². The minimum absolute atomic E-state index is 0.358. The van der Waals surface area contributed by atoms with E-state index in [2.05, 4.69) is 0 Å². The van der Waals surface area contributed by atoms with Gasteiger partial charge in [0.1, 0.15) is 5.75 Å². The monoisotopic (exact) mass is 237 g/mol. The van der Waals surface area contributed by atoms with Gasteiger partial charge >= 0.3 is 11.7 Å². The van der Waals surface area contributed by atoms with Gasteiger partial charge in [-0.3, -0.25) is 4.57 Å². The van der Waals surface area contributed by atoms with Crippen molar-refractivity contribution in [3.8, 4) is 5.75 Å². The maximum Gasteiger partial charge on any atom is 0.419 e. The zero-order chi connectivity index (χ0) is 12.4. The molecule has 0 atom stereocenters. The third-order valence-electron chi connectivity index (χ3n) is 2.32. The molecule has 0 bridgehead atoms. The Morgan fingerprint density at radius 2 is 2.29 bits per heavy atom. The number of rotatable bonds is 4. The van der Waals surface area contributed by atoms with Crippen LogP contribution in [0.4, 0.5) is 0 Å². The van der Waals surface area contributed by atoms with E-state index in [1.54, 1.807) is 12.1 Å². The number of carboxylic acids is 1. The van der Waals surface area contributed by atoms with Crippen molar-refractivity contribution in [2.45, 2.75) is 13.5 Å². The molecule has 2 aromatic rings. The number of hydrogen-bond donors (Lipinski definition) is 1. The number of nitrogens with zero attached hydrogens (tertiary/aromatic N) is 1. The summed E-state index contributed by atoms with van der Waals surface area (Å²) in [5.41, 5.74) is 1.06. The van der Waals surface area contributed by atoms with Gasteiger partial charge in [-0.2, -0.15) is 0 Å². The van der Waals surface area contributed by atoms with Gasteiger partial charge in [0.25, 0.3) is 0 Å². The summed E-state index contributed by atoms with van der Waals surface area (Å²) in [4.78, 5) is 21.7. The van der Waals surface area contributed by atoms with Crippen molar-refractivity contribution < 1.29 is 19.1 Å². The molecular weight excluding hydrogens is 226 g/mol. The number of aliphatic carboxylic acids is 1. The molecule has 1 N–H and O–H groups in total. The molecule has 0 amide bonds. The van der Waals surface area contributed by atoms with Crippen LogP contribution in [0.2, 0.25) is 0 Å². The second kappa shape index (κ2) is 4.32. The second-order valence-corrected chi connectivity index (χ2v) is 3.42. The highest BCUT2D eigenvalue weighted by atomic mass is 16.5. The third kappa shape index (κ3) is 2.15. The van der Waals surface area contributed by atoms with Crippen molar-refractivity contribution in [1.29, 1.82) is 0 Å². The quantitative estimate of drug-likeness (QED) is 0.860. The van der Waals surface area contributed by atoms with Crippen LogP contribution in [0, 0.1) is 0 Å². The molecule has 17 heavy (non-hydrogen) atoms. The summed E-state index contributed by atoms with van der Waals surface area (Å²) >= 11 is 0. The number of oxazole rings is 1. The van der Waals surface area contributed by atoms with Crippen molar-refractivity contribution >= 4 is 17.1 Å². The summed E-state index contributed by atoms with van der Waals surface area (Å²) in [7, 11) is 0. The van der Waals surface area contributed by atoms with Gasteiger partial charge in [-0.05, 0) is 19.1 Å². The maximum atomic E-state index is 11.4. The number of benzene rings is 1. The average molecular weight is 237 g/mol. The molecule has 1 aromatic carbocycles. The van der Waals surface area contributed by atoms with E-state index in [1.165, 1.54) is 10.6 Å². The lowest BCUT2D eigenvalue weighted by Crippen LogP contribution is -2.12. The fourth-order valence-corrected chi connectivity index (χ4v) is 1.58. The molecule has 0 saturated carbocycles. The van der Waals surface area contributed by atoms with Crippen LogP contribution < -0.4 is 10.5 Å². The standard InChI is InChI=1S/C11H11NO5/c1-2-12-8-4-3-7(16-6-10(13)14)5-9(8)17-11(12)15/h3-5H,2,6H2,1H3,(H,13,14). The summed E-state index contributed by atoms with van der Waals surface area (Å²) < 4.78 is 11.5. The Hall–Kier alpha value is -2.24. The highest BCUT2D eigenvalue weighted by Crippen LogP contribution is 2.20. The lowest BCUT2D eigenvalue weighted by molar-refractivity contribution is -0.139. The van der Waals surface area contributed by atoms with Crippen LogP contribution >= 0.6 is 0 Å². The fraction of sp³-hybridized carbons (Fsp3) is 0.273. The molecule has 0 aliphatic rings. The number of aryl methyl sites for hydroxylation is 1. The molecule has 6 nitrogen and oxygen atoms in total. The lowest BCUT2D eigenvalue weighted by atomic mass is 10.3. The van der Waals surface area contributed by atoms with E-state index in [4.69, 9.17) is 14.3 Å². The number of fused-ring (bicyclic) bond motifs is 1. The van der Waals surface area contributed by atoms with Crippen molar-refractivity contribution in [2.75, 3.05) is 6.61 Å². The van der Waals surface area contributed by atoms with Crippen molar-refractivity contribution in [3.63, 3.8) is 0 Å². The van der Waals surface area contributed by atoms with Gasteiger partial charge in [0.05, 0.1) is 5.52 Å². The summed E-state index contributed by atoms with van der Waals surface area (Å²) in [5.74, 6) is -1.13. The van der Waals surface area contributed by atoms with E-state index in [9.17, 15) is 9.59 Å². The Balaban J connectivity index is 2.38. The lowest BCUT2D eigenvalue weighted by Gasteiger charge is -2.02. The molecule has 90 valence electrons. The Morgan fingerprint density at radius 1 is 1.53 bits per heavy atom. The van der Waals surface area contributed by atoms with Gasteiger partial charge in [-0.1, -0.05) is 0 Å². The average Bonchev–Trinajstić information content (AvgIpc) is 2.60. The Kier molecular flexibility index (Phi) is 2.86. The van der Waals surface area contributed by atoms with E-state index in [0.29, 0.717) is 23.4 Å². The molecule has 0 radical (unpaired) electrons. The minimum Gasteiger partial charge on any atom is -0.482 e.